The predicted molar refractivity (Wildman–Crippen MR) is 86.4 cm³/mol. The van der Waals surface area contributed by atoms with Crippen LogP contribution < -0.4 is 4.74 Å². The SMILES string of the molecule is COc1ccc(C2CN(C(=O)c3cccnc3)C(C)CO2)cc1. The molecule has 0 bridgehead atoms. The number of ether oxygens (including phenoxy) is 2. The van der Waals surface area contributed by atoms with E-state index in [1.54, 1.807) is 31.6 Å². The second-order valence-corrected chi connectivity index (χ2v) is 5.64. The van der Waals surface area contributed by atoms with E-state index in [2.05, 4.69) is 4.98 Å². The number of aromatic nitrogens is 1. The van der Waals surface area contributed by atoms with Crippen molar-refractivity contribution in [2.75, 3.05) is 20.3 Å². The molecular weight excluding hydrogens is 292 g/mol. The fraction of sp³-hybridized carbons (Fsp3) is 0.333. The molecule has 0 spiro atoms. The highest BCUT2D eigenvalue weighted by atomic mass is 16.5. The number of methoxy groups -OCH3 is 1. The molecule has 1 aromatic carbocycles. The van der Waals surface area contributed by atoms with E-state index in [1.165, 1.54) is 0 Å². The van der Waals surface area contributed by atoms with Gasteiger partial charge in [-0.2, -0.15) is 0 Å². The molecule has 1 saturated heterocycles. The number of carbonyl (C=O) groups is 1. The molecule has 120 valence electrons. The van der Waals surface area contributed by atoms with Gasteiger partial charge in [0.1, 0.15) is 11.9 Å². The zero-order valence-electron chi connectivity index (χ0n) is 13.3. The Morgan fingerprint density at radius 1 is 1.30 bits per heavy atom. The zero-order chi connectivity index (χ0) is 16.2. The van der Waals surface area contributed by atoms with Gasteiger partial charge in [-0.15, -0.1) is 0 Å². The van der Waals surface area contributed by atoms with Crippen LogP contribution in [0.1, 0.15) is 28.9 Å². The molecule has 5 nitrogen and oxygen atoms in total. The van der Waals surface area contributed by atoms with Crippen molar-refractivity contribution in [2.45, 2.75) is 19.1 Å². The smallest absolute Gasteiger partial charge is 0.255 e. The lowest BCUT2D eigenvalue weighted by Crippen LogP contribution is -2.48. The van der Waals surface area contributed by atoms with E-state index in [4.69, 9.17) is 9.47 Å². The molecule has 1 fully saturated rings. The van der Waals surface area contributed by atoms with Gasteiger partial charge in [-0.1, -0.05) is 12.1 Å². The van der Waals surface area contributed by atoms with Gasteiger partial charge in [-0.3, -0.25) is 9.78 Å². The molecule has 1 amide bonds. The predicted octanol–water partition coefficient (Wildman–Crippen LogP) is 2.69. The molecule has 1 aliphatic rings. The Kier molecular flexibility index (Phi) is 4.57. The monoisotopic (exact) mass is 312 g/mol. The highest BCUT2D eigenvalue weighted by molar-refractivity contribution is 5.94. The van der Waals surface area contributed by atoms with Gasteiger partial charge in [-0.25, -0.2) is 0 Å². The molecule has 3 rings (SSSR count). The molecule has 2 atom stereocenters. The number of carbonyl (C=O) groups excluding carboxylic acids is 1. The molecule has 1 aromatic heterocycles. The number of morpholine rings is 1. The zero-order valence-corrected chi connectivity index (χ0v) is 13.3. The summed E-state index contributed by atoms with van der Waals surface area (Å²) in [6.45, 7) is 3.04. The maximum absolute atomic E-state index is 12.7. The average molecular weight is 312 g/mol. The van der Waals surface area contributed by atoms with Crippen LogP contribution in [-0.4, -0.2) is 42.1 Å². The Balaban J connectivity index is 1.77. The fourth-order valence-corrected chi connectivity index (χ4v) is 2.72. The number of hydrogen-bond acceptors (Lipinski definition) is 4. The van der Waals surface area contributed by atoms with Crippen LogP contribution in [0.2, 0.25) is 0 Å². The normalized spacial score (nSPS) is 21.0. The average Bonchev–Trinajstić information content (AvgIpc) is 2.62. The van der Waals surface area contributed by atoms with Crippen LogP contribution >= 0.6 is 0 Å². The number of benzene rings is 1. The molecule has 23 heavy (non-hydrogen) atoms. The molecule has 0 aliphatic carbocycles. The number of rotatable bonds is 3. The first-order valence-corrected chi connectivity index (χ1v) is 7.65. The third kappa shape index (κ3) is 3.35. The minimum atomic E-state index is -0.127. The van der Waals surface area contributed by atoms with E-state index in [-0.39, 0.29) is 18.1 Å². The Morgan fingerprint density at radius 3 is 2.74 bits per heavy atom. The maximum atomic E-state index is 12.7. The third-order valence-corrected chi connectivity index (χ3v) is 4.09. The largest absolute Gasteiger partial charge is 0.497 e. The third-order valence-electron chi connectivity index (χ3n) is 4.09. The molecule has 2 unspecified atom stereocenters. The van der Waals surface area contributed by atoms with Crippen molar-refractivity contribution in [2.24, 2.45) is 0 Å². The van der Waals surface area contributed by atoms with Crippen LogP contribution in [0.3, 0.4) is 0 Å². The lowest BCUT2D eigenvalue weighted by molar-refractivity contribution is -0.0486. The molecule has 2 heterocycles. The lowest BCUT2D eigenvalue weighted by atomic mass is 10.0. The Bertz CT molecular complexity index is 658. The maximum Gasteiger partial charge on any atom is 0.255 e. The van der Waals surface area contributed by atoms with Gasteiger partial charge in [0.05, 0.1) is 31.9 Å². The van der Waals surface area contributed by atoms with Gasteiger partial charge < -0.3 is 14.4 Å². The van der Waals surface area contributed by atoms with Crippen LogP contribution in [0.5, 0.6) is 5.75 Å². The van der Waals surface area contributed by atoms with Crippen molar-refractivity contribution in [1.82, 2.24) is 9.88 Å². The number of pyridine rings is 1. The first-order valence-electron chi connectivity index (χ1n) is 7.65. The summed E-state index contributed by atoms with van der Waals surface area (Å²) in [5.41, 5.74) is 1.65. The summed E-state index contributed by atoms with van der Waals surface area (Å²) in [5, 5.41) is 0. The summed E-state index contributed by atoms with van der Waals surface area (Å²) in [4.78, 5) is 18.6. The number of amides is 1. The van der Waals surface area contributed by atoms with Gasteiger partial charge in [0, 0.05) is 12.4 Å². The number of nitrogens with zero attached hydrogens (tertiary/aromatic N) is 2. The van der Waals surface area contributed by atoms with E-state index >= 15 is 0 Å². The summed E-state index contributed by atoms with van der Waals surface area (Å²) in [5.74, 6) is 0.800. The molecule has 5 heteroatoms. The molecule has 1 aliphatic heterocycles. The quantitative estimate of drug-likeness (QED) is 0.874. The van der Waals surface area contributed by atoms with E-state index < -0.39 is 0 Å². The highest BCUT2D eigenvalue weighted by Crippen LogP contribution is 2.27. The van der Waals surface area contributed by atoms with Crippen molar-refractivity contribution in [3.05, 3.63) is 59.9 Å². The summed E-state index contributed by atoms with van der Waals surface area (Å²) in [6.07, 6.45) is 3.14. The summed E-state index contributed by atoms with van der Waals surface area (Å²) in [7, 11) is 1.64. The molecular formula is C18H20N2O3. The second-order valence-electron chi connectivity index (χ2n) is 5.64. The van der Waals surface area contributed by atoms with Crippen LogP contribution in [-0.2, 0) is 4.74 Å². The summed E-state index contributed by atoms with van der Waals surface area (Å²) >= 11 is 0. The van der Waals surface area contributed by atoms with Crippen molar-refractivity contribution in [3.8, 4) is 5.75 Å². The summed E-state index contributed by atoms with van der Waals surface area (Å²) < 4.78 is 11.1. The summed E-state index contributed by atoms with van der Waals surface area (Å²) in [6, 6.07) is 11.4. The highest BCUT2D eigenvalue weighted by Gasteiger charge is 2.31. The van der Waals surface area contributed by atoms with Gasteiger partial charge in [0.15, 0.2) is 0 Å². The Hall–Kier alpha value is -2.40. The molecule has 0 N–H and O–H groups in total. The van der Waals surface area contributed by atoms with Crippen LogP contribution in [0, 0.1) is 0 Å². The van der Waals surface area contributed by atoms with E-state index in [0.717, 1.165) is 11.3 Å². The first kappa shape index (κ1) is 15.5. The standard InChI is InChI=1S/C18H20N2O3/c1-13-12-23-17(14-5-7-16(22-2)8-6-14)11-20(13)18(21)15-4-3-9-19-10-15/h3-10,13,17H,11-12H2,1-2H3. The molecule has 0 radical (unpaired) electrons. The van der Waals surface area contributed by atoms with Gasteiger partial charge in [0.25, 0.3) is 5.91 Å². The minimum absolute atomic E-state index is 0.00703. The minimum Gasteiger partial charge on any atom is -0.497 e. The first-order chi connectivity index (χ1) is 11.2. The van der Waals surface area contributed by atoms with Gasteiger partial charge in [-0.05, 0) is 36.8 Å². The van der Waals surface area contributed by atoms with Crippen LogP contribution in [0.15, 0.2) is 48.8 Å². The number of hydrogen-bond donors (Lipinski definition) is 0. The Labute approximate surface area is 135 Å². The van der Waals surface area contributed by atoms with Crippen molar-refractivity contribution in [1.29, 1.82) is 0 Å². The van der Waals surface area contributed by atoms with Crippen LogP contribution in [0.25, 0.3) is 0 Å². The molecule has 2 aromatic rings. The van der Waals surface area contributed by atoms with Crippen molar-refractivity contribution < 1.29 is 14.3 Å². The van der Waals surface area contributed by atoms with Crippen LogP contribution in [0.4, 0.5) is 0 Å². The van der Waals surface area contributed by atoms with Gasteiger partial charge >= 0.3 is 0 Å². The second kappa shape index (κ2) is 6.79. The van der Waals surface area contributed by atoms with Crippen molar-refractivity contribution in [3.63, 3.8) is 0 Å². The lowest BCUT2D eigenvalue weighted by Gasteiger charge is -2.38. The van der Waals surface area contributed by atoms with Gasteiger partial charge in [0.2, 0.25) is 0 Å². The Morgan fingerprint density at radius 2 is 2.09 bits per heavy atom. The van der Waals surface area contributed by atoms with E-state index in [1.807, 2.05) is 36.1 Å². The topological polar surface area (TPSA) is 51.7 Å². The molecule has 0 saturated carbocycles. The fourth-order valence-electron chi connectivity index (χ4n) is 2.72. The van der Waals surface area contributed by atoms with Crippen molar-refractivity contribution >= 4 is 5.91 Å². The van der Waals surface area contributed by atoms with E-state index in [0.29, 0.717) is 18.7 Å². The van der Waals surface area contributed by atoms with E-state index in [9.17, 15) is 4.79 Å².